The summed E-state index contributed by atoms with van der Waals surface area (Å²) in [7, 11) is 0. The van der Waals surface area contributed by atoms with E-state index in [4.69, 9.17) is 15.3 Å². The van der Waals surface area contributed by atoms with Crippen molar-refractivity contribution in [2.24, 2.45) is 0 Å². The summed E-state index contributed by atoms with van der Waals surface area (Å²) in [6.07, 6.45) is 0. The van der Waals surface area contributed by atoms with Crippen molar-refractivity contribution in [3.8, 4) is 0 Å². The van der Waals surface area contributed by atoms with Crippen LogP contribution in [0.3, 0.4) is 0 Å². The van der Waals surface area contributed by atoms with Crippen LogP contribution in [0.2, 0.25) is 0 Å². The van der Waals surface area contributed by atoms with Gasteiger partial charge in [-0.15, -0.1) is 0 Å². The smallest absolute Gasteiger partial charge is 0.0689 e. The number of hydrogen-bond donors (Lipinski definition) is 0. The maximum absolute atomic E-state index is 8.25. The van der Waals surface area contributed by atoms with E-state index in [0.29, 0.717) is 0 Å². The summed E-state index contributed by atoms with van der Waals surface area (Å²) in [5.74, 6) is 0. The molecule has 0 aromatic heterocycles. The first kappa shape index (κ1) is 101. The van der Waals surface area contributed by atoms with Crippen molar-refractivity contribution in [3.63, 3.8) is 0 Å². The van der Waals surface area contributed by atoms with Gasteiger partial charge in [0.2, 0.25) is 0 Å². The molecular formula is H12NO9Sm2-. The van der Waals surface area contributed by atoms with Gasteiger partial charge >= 0.3 is 0 Å². The van der Waals surface area contributed by atoms with Crippen LogP contribution in [0.25, 0.3) is 0 Å². The number of hydrogen-bond acceptors (Lipinski definition) is 3. The van der Waals surface area contributed by atoms with Gasteiger partial charge in [0.1, 0.15) is 0 Å². The zero-order valence-electron chi connectivity index (χ0n) is 5.49. The van der Waals surface area contributed by atoms with Crippen LogP contribution >= 0.6 is 0 Å². The van der Waals surface area contributed by atoms with Crippen LogP contribution in [0.15, 0.2) is 0 Å². The molecule has 0 amide bonds. The molecule has 0 aromatic carbocycles. The Morgan fingerprint density at radius 1 is 0.667 bits per heavy atom. The first-order valence-electron chi connectivity index (χ1n) is 0.548. The third-order valence-electron chi connectivity index (χ3n) is 0. The van der Waals surface area contributed by atoms with Gasteiger partial charge in [-0.05, 0) is 0 Å². The van der Waals surface area contributed by atoms with Gasteiger partial charge < -0.3 is 48.2 Å². The molecule has 12 heteroatoms. The van der Waals surface area contributed by atoms with Gasteiger partial charge in [0.25, 0.3) is 0 Å². The normalized spacial score (nSPS) is 2.00. The Hall–Kier alpha value is 1.64. The largest absolute Gasteiger partial charge is 0.412 e. The molecule has 0 spiro atoms. The molecule has 0 rings (SSSR count). The summed E-state index contributed by atoms with van der Waals surface area (Å²) >= 11 is 0. The summed E-state index contributed by atoms with van der Waals surface area (Å²) in [6.45, 7) is 0. The van der Waals surface area contributed by atoms with Crippen LogP contribution in [-0.2, 0) is 0 Å². The number of nitrogens with zero attached hydrogens (tertiary/aromatic N) is 1. The van der Waals surface area contributed by atoms with E-state index in [1.54, 1.807) is 0 Å². The van der Waals surface area contributed by atoms with Gasteiger partial charge in [-0.2, -0.15) is 0 Å². The fourth-order valence-electron chi connectivity index (χ4n) is 0. The molecular weight excluding hydrogens is 459 g/mol. The van der Waals surface area contributed by atoms with Gasteiger partial charge in [-0.1, -0.05) is 0 Å². The first-order valence-corrected chi connectivity index (χ1v) is 0.548. The third kappa shape index (κ3) is 492. The maximum Gasteiger partial charge on any atom is 0.0689 e. The SMILES string of the molecule is O.O.O.O.O.O.O=[N+]([O-])[O-].[Sm].[Sm]. The molecule has 0 saturated carbocycles. The molecule has 10 nitrogen and oxygen atoms in total. The Morgan fingerprint density at radius 3 is 0.667 bits per heavy atom. The molecule has 0 saturated heterocycles. The molecule has 0 aliphatic rings. The van der Waals surface area contributed by atoms with Crippen molar-refractivity contribution in [2.45, 2.75) is 0 Å². The van der Waals surface area contributed by atoms with Gasteiger partial charge in [0, 0.05) is 80.8 Å². The molecule has 0 fully saturated rings. The second kappa shape index (κ2) is 79.6. The predicted octanol–water partition coefficient (Wildman–Crippen LogP) is -5.19. The average Bonchev–Trinajstić information content (AvgIpc) is 0.811. The van der Waals surface area contributed by atoms with E-state index in [9.17, 15) is 0 Å². The molecule has 0 atom stereocenters. The van der Waals surface area contributed by atoms with Gasteiger partial charge in [0.05, 0.1) is 5.09 Å². The van der Waals surface area contributed by atoms with E-state index in [-0.39, 0.29) is 114 Å². The van der Waals surface area contributed by atoms with Crippen molar-refractivity contribution in [3.05, 3.63) is 15.3 Å². The standard InChI is InChI=1S/NO3.6H2O.2Sm/c2-1(3)4;;;;;;;;/h;6*1H2;;/q-1;;;;;;;;. The summed E-state index contributed by atoms with van der Waals surface area (Å²) in [6, 6.07) is 0. The van der Waals surface area contributed by atoms with Crippen LogP contribution < -0.4 is 0 Å². The van der Waals surface area contributed by atoms with E-state index in [1.165, 1.54) is 0 Å². The molecule has 12 N–H and O–H groups in total. The van der Waals surface area contributed by atoms with E-state index in [1.807, 2.05) is 0 Å². The third-order valence-corrected chi connectivity index (χ3v) is 0. The molecule has 0 aliphatic carbocycles. The fraction of sp³-hybridized carbons (Fsp3) is 0. The van der Waals surface area contributed by atoms with Crippen molar-refractivity contribution in [1.82, 2.24) is 0 Å². The fourth-order valence-corrected chi connectivity index (χ4v) is 0. The second-order valence-electron chi connectivity index (χ2n) is 0.224. The topological polar surface area (TPSA) is 255 Å². The van der Waals surface area contributed by atoms with Crippen LogP contribution in [-0.4, -0.2) is 37.9 Å². The minimum atomic E-state index is -1.75. The Bertz CT molecular complexity index is 35.5. The number of rotatable bonds is 0. The van der Waals surface area contributed by atoms with E-state index >= 15 is 0 Å². The van der Waals surface area contributed by atoms with Crippen LogP contribution in [0.5, 0.6) is 0 Å². The monoisotopic (exact) mass is 474 g/mol. The quantitative estimate of drug-likeness (QED) is 0.248. The van der Waals surface area contributed by atoms with Crippen LogP contribution in [0, 0.1) is 96.1 Å². The van der Waals surface area contributed by atoms with Gasteiger partial charge in [-0.25, -0.2) is 0 Å². The molecule has 0 aliphatic heterocycles. The molecule has 84 valence electrons. The summed E-state index contributed by atoms with van der Waals surface area (Å²) in [5.41, 5.74) is 0. The van der Waals surface area contributed by atoms with Crippen LogP contribution in [0.1, 0.15) is 0 Å². The molecule has 0 aromatic rings. The molecule has 12 heavy (non-hydrogen) atoms. The molecule has 0 unspecified atom stereocenters. The summed E-state index contributed by atoms with van der Waals surface area (Å²) in [4.78, 5) is 8.25. The van der Waals surface area contributed by atoms with E-state index < -0.39 is 5.09 Å². The minimum Gasteiger partial charge on any atom is -0.412 e. The predicted molar refractivity (Wildman–Crippen MR) is 32.0 cm³/mol. The Morgan fingerprint density at radius 2 is 0.667 bits per heavy atom. The minimum absolute atomic E-state index is 0. The average molecular weight is 471 g/mol. The van der Waals surface area contributed by atoms with Crippen molar-refractivity contribution >= 4 is 0 Å². The molecule has 0 heterocycles. The summed E-state index contributed by atoms with van der Waals surface area (Å²) in [5, 5.41) is 14.8. The zero-order chi connectivity index (χ0) is 3.58. The Balaban J connectivity index is -0.00000000161. The molecule has 0 bridgehead atoms. The maximum atomic E-state index is 8.25. The van der Waals surface area contributed by atoms with Crippen molar-refractivity contribution in [1.29, 1.82) is 0 Å². The van der Waals surface area contributed by atoms with Crippen molar-refractivity contribution in [2.75, 3.05) is 0 Å². The Labute approximate surface area is 132 Å². The van der Waals surface area contributed by atoms with Gasteiger partial charge in [-0.3, -0.25) is 0 Å². The first-order chi connectivity index (χ1) is 1.73. The second-order valence-corrected chi connectivity index (χ2v) is 0.224. The van der Waals surface area contributed by atoms with Crippen molar-refractivity contribution < 1.29 is 119 Å². The summed E-state index contributed by atoms with van der Waals surface area (Å²) < 4.78 is 0. The Kier molecular flexibility index (Phi) is 672. The zero-order valence-corrected chi connectivity index (χ0v) is 10.7. The van der Waals surface area contributed by atoms with Crippen LogP contribution in [0.4, 0.5) is 0 Å². The van der Waals surface area contributed by atoms with Gasteiger partial charge in [0.15, 0.2) is 0 Å². The molecule has 0 radical (unpaired) electrons. The van der Waals surface area contributed by atoms with E-state index in [2.05, 4.69) is 0 Å². The van der Waals surface area contributed by atoms with E-state index in [0.717, 1.165) is 0 Å².